The number of nitriles is 1. The van der Waals surface area contributed by atoms with Gasteiger partial charge >= 0.3 is 0 Å². The van der Waals surface area contributed by atoms with Crippen LogP contribution < -0.4 is 9.47 Å². The second-order valence-electron chi connectivity index (χ2n) is 5.54. The monoisotopic (exact) mass is 324 g/mol. The molecule has 4 heteroatoms. The van der Waals surface area contributed by atoms with E-state index in [0.29, 0.717) is 23.7 Å². The van der Waals surface area contributed by atoms with Crippen LogP contribution in [-0.2, 0) is 0 Å². The molecule has 0 bridgehead atoms. The largest absolute Gasteiger partial charge is 0.487 e. The van der Waals surface area contributed by atoms with Crippen molar-refractivity contribution < 1.29 is 9.47 Å². The van der Waals surface area contributed by atoms with Crippen LogP contribution in [0.25, 0.3) is 0 Å². The maximum Gasteiger partial charge on any atom is 0.179 e. The lowest BCUT2D eigenvalue weighted by molar-refractivity contribution is 0.218. The van der Waals surface area contributed by atoms with Crippen molar-refractivity contribution in [2.24, 2.45) is 0 Å². The smallest absolute Gasteiger partial charge is 0.179 e. The number of likely N-dealkylation sites (N-methyl/N-ethyl adjacent to an activating group) is 1. The first kappa shape index (κ1) is 17.8. The molecule has 0 N–H and O–H groups in total. The summed E-state index contributed by atoms with van der Waals surface area (Å²) in [4.78, 5) is 2.27. The van der Waals surface area contributed by atoms with Gasteiger partial charge in [-0.3, -0.25) is 0 Å². The molecule has 0 aliphatic carbocycles. The van der Waals surface area contributed by atoms with Crippen LogP contribution in [0.1, 0.15) is 25.0 Å². The van der Waals surface area contributed by atoms with Gasteiger partial charge in [0.1, 0.15) is 18.4 Å². The van der Waals surface area contributed by atoms with E-state index in [9.17, 15) is 5.26 Å². The number of hydrogen-bond acceptors (Lipinski definition) is 4. The molecular formula is C20H24N2O2. The Balaban J connectivity index is 2.15. The fourth-order valence-corrected chi connectivity index (χ4v) is 2.38. The molecule has 0 spiro atoms. The van der Waals surface area contributed by atoms with Crippen LogP contribution in [0.3, 0.4) is 0 Å². The first-order chi connectivity index (χ1) is 11.7. The second-order valence-corrected chi connectivity index (χ2v) is 5.54. The summed E-state index contributed by atoms with van der Waals surface area (Å²) in [6.45, 7) is 9.57. The fourth-order valence-electron chi connectivity index (χ4n) is 2.38. The van der Waals surface area contributed by atoms with Gasteiger partial charge in [0.2, 0.25) is 0 Å². The second kappa shape index (κ2) is 8.95. The van der Waals surface area contributed by atoms with E-state index in [1.165, 1.54) is 5.56 Å². The number of rotatable bonds is 8. The topological polar surface area (TPSA) is 45.5 Å². The molecule has 24 heavy (non-hydrogen) atoms. The summed E-state index contributed by atoms with van der Waals surface area (Å²) in [5.41, 5.74) is 1.66. The van der Waals surface area contributed by atoms with Gasteiger partial charge < -0.3 is 14.4 Å². The van der Waals surface area contributed by atoms with Crippen LogP contribution in [0.4, 0.5) is 0 Å². The van der Waals surface area contributed by atoms with E-state index in [0.717, 1.165) is 25.4 Å². The first-order valence-electron chi connectivity index (χ1n) is 8.30. The van der Waals surface area contributed by atoms with E-state index in [1.807, 2.05) is 37.3 Å². The SMILES string of the molecule is CCN(CC)CCOc1c(C#N)cccc1Oc1ccc(C)cc1. The molecule has 0 saturated carbocycles. The van der Waals surface area contributed by atoms with Crippen molar-refractivity contribution in [2.45, 2.75) is 20.8 Å². The molecule has 0 unspecified atom stereocenters. The number of para-hydroxylation sites is 1. The number of benzene rings is 2. The highest BCUT2D eigenvalue weighted by Gasteiger charge is 2.12. The molecule has 0 heterocycles. The van der Waals surface area contributed by atoms with Gasteiger partial charge in [0.25, 0.3) is 0 Å². The minimum Gasteiger partial charge on any atom is -0.487 e. The molecule has 0 fully saturated rings. The summed E-state index contributed by atoms with van der Waals surface area (Å²) in [7, 11) is 0. The molecular weight excluding hydrogens is 300 g/mol. The van der Waals surface area contributed by atoms with Gasteiger partial charge in [-0.1, -0.05) is 37.6 Å². The summed E-state index contributed by atoms with van der Waals surface area (Å²) in [6.07, 6.45) is 0. The van der Waals surface area contributed by atoms with Crippen molar-refractivity contribution in [3.63, 3.8) is 0 Å². The van der Waals surface area contributed by atoms with Crippen molar-refractivity contribution in [2.75, 3.05) is 26.2 Å². The molecule has 0 aliphatic heterocycles. The molecule has 0 radical (unpaired) electrons. The van der Waals surface area contributed by atoms with E-state index in [2.05, 4.69) is 24.8 Å². The third kappa shape index (κ3) is 4.74. The average molecular weight is 324 g/mol. The molecule has 0 aliphatic rings. The zero-order valence-corrected chi connectivity index (χ0v) is 14.6. The van der Waals surface area contributed by atoms with Crippen molar-refractivity contribution in [1.82, 2.24) is 4.90 Å². The Morgan fingerprint density at radius 2 is 1.75 bits per heavy atom. The Morgan fingerprint density at radius 1 is 1.04 bits per heavy atom. The molecule has 0 saturated heterocycles. The van der Waals surface area contributed by atoms with Crippen LogP contribution in [0.2, 0.25) is 0 Å². The lowest BCUT2D eigenvalue weighted by Gasteiger charge is -2.19. The molecule has 4 nitrogen and oxygen atoms in total. The number of ether oxygens (including phenoxy) is 2. The lowest BCUT2D eigenvalue weighted by Crippen LogP contribution is -2.28. The quantitative estimate of drug-likeness (QED) is 0.723. The van der Waals surface area contributed by atoms with Crippen LogP contribution in [0, 0.1) is 18.3 Å². The van der Waals surface area contributed by atoms with Gasteiger partial charge in [-0.2, -0.15) is 5.26 Å². The van der Waals surface area contributed by atoms with Gasteiger partial charge in [-0.15, -0.1) is 0 Å². The van der Waals surface area contributed by atoms with Crippen molar-refractivity contribution >= 4 is 0 Å². The number of nitrogens with zero attached hydrogens (tertiary/aromatic N) is 2. The molecule has 2 aromatic rings. The minimum atomic E-state index is 0.485. The third-order valence-corrected chi connectivity index (χ3v) is 3.90. The van der Waals surface area contributed by atoms with Gasteiger partial charge in [-0.05, 0) is 44.3 Å². The minimum absolute atomic E-state index is 0.485. The van der Waals surface area contributed by atoms with Crippen molar-refractivity contribution in [3.05, 3.63) is 53.6 Å². The predicted octanol–water partition coefficient (Wildman–Crippen LogP) is 4.38. The molecule has 126 valence electrons. The van der Waals surface area contributed by atoms with Gasteiger partial charge in [-0.25, -0.2) is 0 Å². The maximum absolute atomic E-state index is 9.35. The van der Waals surface area contributed by atoms with Crippen molar-refractivity contribution in [1.29, 1.82) is 5.26 Å². The molecule has 2 rings (SSSR count). The Bertz CT molecular complexity index is 686. The maximum atomic E-state index is 9.35. The van der Waals surface area contributed by atoms with Crippen LogP contribution >= 0.6 is 0 Å². The third-order valence-electron chi connectivity index (χ3n) is 3.90. The van der Waals surface area contributed by atoms with E-state index >= 15 is 0 Å². The van der Waals surface area contributed by atoms with Gasteiger partial charge in [0.05, 0.1) is 5.56 Å². The van der Waals surface area contributed by atoms with Crippen LogP contribution in [0.5, 0.6) is 17.2 Å². The zero-order valence-electron chi connectivity index (χ0n) is 14.6. The molecule has 0 amide bonds. The first-order valence-corrected chi connectivity index (χ1v) is 8.30. The number of hydrogen-bond donors (Lipinski definition) is 0. The van der Waals surface area contributed by atoms with E-state index in [-0.39, 0.29) is 0 Å². The summed E-state index contributed by atoms with van der Waals surface area (Å²) in [5, 5.41) is 9.35. The molecule has 0 aromatic heterocycles. The standard InChI is InChI=1S/C20H24N2O2/c1-4-22(5-2)13-14-23-20-17(15-21)7-6-8-19(20)24-18-11-9-16(3)10-12-18/h6-12H,4-5,13-14H2,1-3H3. The van der Waals surface area contributed by atoms with Crippen molar-refractivity contribution in [3.8, 4) is 23.3 Å². The summed E-state index contributed by atoms with van der Waals surface area (Å²) < 4.78 is 11.8. The highest BCUT2D eigenvalue weighted by Crippen LogP contribution is 2.34. The summed E-state index contributed by atoms with van der Waals surface area (Å²) in [5.74, 6) is 1.80. The van der Waals surface area contributed by atoms with Crippen LogP contribution in [-0.4, -0.2) is 31.1 Å². The van der Waals surface area contributed by atoms with Gasteiger partial charge in [0, 0.05) is 6.54 Å². The van der Waals surface area contributed by atoms with E-state index in [1.54, 1.807) is 12.1 Å². The van der Waals surface area contributed by atoms with Gasteiger partial charge in [0.15, 0.2) is 11.5 Å². The molecule has 0 atom stereocenters. The lowest BCUT2D eigenvalue weighted by atomic mass is 10.2. The summed E-state index contributed by atoms with van der Waals surface area (Å²) in [6, 6.07) is 15.4. The Morgan fingerprint density at radius 3 is 2.38 bits per heavy atom. The highest BCUT2D eigenvalue weighted by atomic mass is 16.5. The Labute approximate surface area is 144 Å². The summed E-state index contributed by atoms with van der Waals surface area (Å²) >= 11 is 0. The fraction of sp³-hybridized carbons (Fsp3) is 0.350. The van der Waals surface area contributed by atoms with Crippen LogP contribution in [0.15, 0.2) is 42.5 Å². The van der Waals surface area contributed by atoms with E-state index in [4.69, 9.17) is 9.47 Å². The predicted molar refractivity (Wildman–Crippen MR) is 95.7 cm³/mol. The average Bonchev–Trinajstić information content (AvgIpc) is 2.61. The molecule has 2 aromatic carbocycles. The Hall–Kier alpha value is -2.51. The highest BCUT2D eigenvalue weighted by molar-refractivity contribution is 5.53. The van der Waals surface area contributed by atoms with E-state index < -0.39 is 0 Å². The Kier molecular flexibility index (Phi) is 6.65. The number of aryl methyl sites for hydroxylation is 1. The normalized spacial score (nSPS) is 10.5. The zero-order chi connectivity index (χ0) is 17.4.